The van der Waals surface area contributed by atoms with Gasteiger partial charge in [0.15, 0.2) is 11.5 Å². The second-order valence-electron chi connectivity index (χ2n) is 8.12. The lowest BCUT2D eigenvalue weighted by Gasteiger charge is -2.27. The molecule has 5 nitrogen and oxygen atoms in total. The van der Waals surface area contributed by atoms with E-state index in [4.69, 9.17) is 4.74 Å². The van der Waals surface area contributed by atoms with Gasteiger partial charge in [-0.1, -0.05) is 73.5 Å². The fourth-order valence-electron chi connectivity index (χ4n) is 4.02. The summed E-state index contributed by atoms with van der Waals surface area (Å²) < 4.78 is 6.28. The summed E-state index contributed by atoms with van der Waals surface area (Å²) in [4.78, 5) is 23.9. The second kappa shape index (κ2) is 10.0. The van der Waals surface area contributed by atoms with E-state index in [1.807, 2.05) is 74.5 Å². The first-order chi connectivity index (χ1) is 16.4. The number of hydrogen-bond acceptors (Lipinski definition) is 4. The van der Waals surface area contributed by atoms with Crippen LogP contribution in [0.5, 0.6) is 0 Å². The third-order valence-corrected chi connectivity index (χ3v) is 5.87. The van der Waals surface area contributed by atoms with Gasteiger partial charge in [-0.15, -0.1) is 0 Å². The Hall–Kier alpha value is -4.43. The number of non-ortho nitro benzene ring substituents is 1. The minimum Gasteiger partial charge on any atom is -0.448 e. The third-order valence-electron chi connectivity index (χ3n) is 5.87. The summed E-state index contributed by atoms with van der Waals surface area (Å²) >= 11 is 0. The minimum absolute atomic E-state index is 0.00167. The summed E-state index contributed by atoms with van der Waals surface area (Å²) in [5, 5.41) is 11.1. The Labute approximate surface area is 198 Å². The van der Waals surface area contributed by atoms with Gasteiger partial charge in [-0.3, -0.25) is 14.9 Å². The molecule has 2 atom stereocenters. The SMILES string of the molecule is C/C1=C(\C#Cc2ccccc2)O/C(c2ccccc2)=C\C(=O)C(C)[C@@H]1c1ccc([N+](=O)[O-])cc1. The third kappa shape index (κ3) is 4.97. The number of nitro groups is 1. The number of carbonyl (C=O) groups is 1. The highest BCUT2D eigenvalue weighted by Crippen LogP contribution is 2.38. The number of rotatable bonds is 3. The summed E-state index contributed by atoms with van der Waals surface area (Å²) in [5.41, 5.74) is 3.21. The number of carbonyl (C=O) groups excluding carboxylic acids is 1. The summed E-state index contributed by atoms with van der Waals surface area (Å²) in [6.07, 6.45) is 1.52. The molecule has 0 aliphatic carbocycles. The average molecular weight is 450 g/mol. The molecule has 0 amide bonds. The van der Waals surface area contributed by atoms with Crippen molar-refractivity contribution in [1.82, 2.24) is 0 Å². The molecule has 4 rings (SSSR count). The number of hydrogen-bond donors (Lipinski definition) is 0. The molecule has 0 bridgehead atoms. The molecule has 0 saturated heterocycles. The maximum atomic E-state index is 13.2. The van der Waals surface area contributed by atoms with Gasteiger partial charge in [0.05, 0.1) is 4.92 Å². The molecule has 3 aromatic rings. The van der Waals surface area contributed by atoms with Crippen molar-refractivity contribution in [2.45, 2.75) is 19.8 Å². The fourth-order valence-corrected chi connectivity index (χ4v) is 4.02. The van der Waals surface area contributed by atoms with Crippen molar-refractivity contribution in [2.75, 3.05) is 0 Å². The standard InChI is InChI=1S/C29H23NO4/c1-20-26(31)19-28(23-11-7-4-8-12-23)34-27(18-13-22-9-5-3-6-10-22)21(2)29(20)24-14-16-25(17-15-24)30(32)33/h3-12,14-17,19-20,29H,1-2H3/b27-21-,28-19-/t20?,29-/m0/s1. The van der Waals surface area contributed by atoms with Crippen molar-refractivity contribution in [3.63, 3.8) is 0 Å². The smallest absolute Gasteiger partial charge is 0.269 e. The molecule has 5 heteroatoms. The normalized spacial score (nSPS) is 21.7. The van der Waals surface area contributed by atoms with Crippen molar-refractivity contribution >= 4 is 17.2 Å². The largest absolute Gasteiger partial charge is 0.448 e. The van der Waals surface area contributed by atoms with Crippen molar-refractivity contribution < 1.29 is 14.5 Å². The van der Waals surface area contributed by atoms with Crippen molar-refractivity contribution in [3.8, 4) is 11.8 Å². The molecule has 0 aromatic heterocycles. The molecule has 1 aliphatic heterocycles. The van der Waals surface area contributed by atoms with E-state index in [-0.39, 0.29) is 17.4 Å². The summed E-state index contributed by atoms with van der Waals surface area (Å²) in [7, 11) is 0. The maximum absolute atomic E-state index is 13.2. The van der Waals surface area contributed by atoms with Crippen molar-refractivity contribution in [1.29, 1.82) is 0 Å². The molecule has 0 saturated carbocycles. The van der Waals surface area contributed by atoms with Gasteiger partial charge in [0, 0.05) is 41.2 Å². The Kier molecular flexibility index (Phi) is 6.70. The summed E-state index contributed by atoms with van der Waals surface area (Å²) in [5.74, 6) is 6.37. The monoisotopic (exact) mass is 449 g/mol. The Morgan fingerprint density at radius 2 is 1.50 bits per heavy atom. The van der Waals surface area contributed by atoms with E-state index in [1.165, 1.54) is 18.2 Å². The lowest BCUT2D eigenvalue weighted by molar-refractivity contribution is -0.384. The van der Waals surface area contributed by atoms with Gasteiger partial charge in [0.2, 0.25) is 0 Å². The molecule has 34 heavy (non-hydrogen) atoms. The Bertz CT molecular complexity index is 1330. The highest BCUT2D eigenvalue weighted by Gasteiger charge is 2.31. The van der Waals surface area contributed by atoms with Gasteiger partial charge < -0.3 is 4.74 Å². The first kappa shape index (κ1) is 22.8. The van der Waals surface area contributed by atoms with E-state index in [9.17, 15) is 14.9 Å². The first-order valence-corrected chi connectivity index (χ1v) is 10.9. The van der Waals surface area contributed by atoms with E-state index >= 15 is 0 Å². The van der Waals surface area contributed by atoms with Crippen LogP contribution in [-0.4, -0.2) is 10.7 Å². The van der Waals surface area contributed by atoms with Crippen LogP contribution in [-0.2, 0) is 9.53 Å². The lowest BCUT2D eigenvalue weighted by Crippen LogP contribution is -2.22. The van der Waals surface area contributed by atoms with E-state index < -0.39 is 10.8 Å². The van der Waals surface area contributed by atoms with Gasteiger partial charge in [-0.2, -0.15) is 0 Å². The number of nitro benzene ring substituents is 1. The lowest BCUT2D eigenvalue weighted by atomic mass is 9.78. The molecule has 168 valence electrons. The van der Waals surface area contributed by atoms with Crippen LogP contribution in [0, 0.1) is 27.9 Å². The predicted molar refractivity (Wildman–Crippen MR) is 132 cm³/mol. The zero-order valence-corrected chi connectivity index (χ0v) is 18.9. The predicted octanol–water partition coefficient (Wildman–Crippen LogP) is 6.28. The van der Waals surface area contributed by atoms with Crippen LogP contribution in [0.25, 0.3) is 5.76 Å². The van der Waals surface area contributed by atoms with Gasteiger partial charge in [0.25, 0.3) is 5.69 Å². The van der Waals surface area contributed by atoms with Crippen LogP contribution in [0.15, 0.2) is 102 Å². The molecule has 0 N–H and O–H groups in total. The highest BCUT2D eigenvalue weighted by atomic mass is 16.6. The number of allylic oxidation sites excluding steroid dienone is 3. The Balaban J connectivity index is 1.84. The minimum atomic E-state index is -0.437. The van der Waals surface area contributed by atoms with Crippen LogP contribution in [0.1, 0.15) is 36.5 Å². The van der Waals surface area contributed by atoms with Crippen LogP contribution >= 0.6 is 0 Å². The van der Waals surface area contributed by atoms with Crippen molar-refractivity contribution in [3.05, 3.63) is 129 Å². The number of ether oxygens (including phenoxy) is 1. The number of benzene rings is 3. The van der Waals surface area contributed by atoms with Crippen molar-refractivity contribution in [2.24, 2.45) is 5.92 Å². The van der Waals surface area contributed by atoms with E-state index in [0.717, 1.165) is 22.3 Å². The Morgan fingerprint density at radius 3 is 2.12 bits per heavy atom. The molecule has 0 radical (unpaired) electrons. The molecular formula is C29H23NO4. The maximum Gasteiger partial charge on any atom is 0.269 e. The fraction of sp³-hybridized carbons (Fsp3) is 0.138. The van der Waals surface area contributed by atoms with E-state index in [0.29, 0.717) is 11.5 Å². The van der Waals surface area contributed by atoms with Crippen LogP contribution < -0.4 is 0 Å². The molecule has 1 heterocycles. The van der Waals surface area contributed by atoms with Gasteiger partial charge in [-0.05, 0) is 36.1 Å². The van der Waals surface area contributed by atoms with Gasteiger partial charge in [-0.25, -0.2) is 0 Å². The van der Waals surface area contributed by atoms with Crippen LogP contribution in [0.4, 0.5) is 5.69 Å². The number of ketones is 1. The Morgan fingerprint density at radius 1 is 0.882 bits per heavy atom. The van der Waals surface area contributed by atoms with E-state index in [2.05, 4.69) is 11.8 Å². The molecule has 3 aromatic carbocycles. The van der Waals surface area contributed by atoms with Gasteiger partial charge >= 0.3 is 0 Å². The van der Waals surface area contributed by atoms with Crippen LogP contribution in [0.3, 0.4) is 0 Å². The summed E-state index contributed by atoms with van der Waals surface area (Å²) in [6, 6.07) is 25.3. The topological polar surface area (TPSA) is 69.4 Å². The molecule has 0 fully saturated rings. The van der Waals surface area contributed by atoms with E-state index in [1.54, 1.807) is 12.1 Å². The highest BCUT2D eigenvalue weighted by molar-refractivity contribution is 5.98. The summed E-state index contributed by atoms with van der Waals surface area (Å²) in [6.45, 7) is 3.77. The second-order valence-corrected chi connectivity index (χ2v) is 8.12. The van der Waals surface area contributed by atoms with Crippen LogP contribution in [0.2, 0.25) is 0 Å². The molecule has 1 unspecified atom stereocenters. The molecular weight excluding hydrogens is 426 g/mol. The zero-order valence-electron chi connectivity index (χ0n) is 18.9. The van der Waals surface area contributed by atoms with Gasteiger partial charge in [0.1, 0.15) is 5.76 Å². The molecule has 1 aliphatic rings. The zero-order chi connectivity index (χ0) is 24.1. The average Bonchev–Trinajstić information content (AvgIpc) is 2.86. The molecule has 0 spiro atoms. The number of nitrogens with zero attached hydrogens (tertiary/aromatic N) is 1. The first-order valence-electron chi connectivity index (χ1n) is 10.9. The quantitative estimate of drug-likeness (QED) is 0.268.